The Kier molecular flexibility index (Phi) is 5.75. The topological polar surface area (TPSA) is 62.8 Å². The van der Waals surface area contributed by atoms with E-state index in [-0.39, 0.29) is 17.5 Å². The van der Waals surface area contributed by atoms with Gasteiger partial charge in [-0.15, -0.1) is 0 Å². The van der Waals surface area contributed by atoms with E-state index in [1.54, 1.807) is 10.8 Å². The number of hydrogen-bond donors (Lipinski definition) is 0. The highest BCUT2D eigenvalue weighted by Gasteiger charge is 2.27. The smallest absolute Gasteiger partial charge is 0.276 e. The Balaban J connectivity index is 1.25. The van der Waals surface area contributed by atoms with Crippen molar-refractivity contribution in [2.24, 2.45) is 0 Å². The van der Waals surface area contributed by atoms with Crippen LogP contribution in [-0.2, 0) is 6.54 Å². The number of aryl methyl sites for hydroxylation is 1. The molecule has 0 N–H and O–H groups in total. The molecule has 1 unspecified atom stereocenters. The second-order valence-corrected chi connectivity index (χ2v) is 9.83. The summed E-state index contributed by atoms with van der Waals surface area (Å²) < 4.78 is 3.57. The molecule has 1 aliphatic rings. The normalized spacial score (nSPS) is 16.0. The highest BCUT2D eigenvalue weighted by molar-refractivity contribution is 5.94. The maximum absolute atomic E-state index is 13.5. The Morgan fingerprint density at radius 2 is 1.81 bits per heavy atom. The number of piperazine rings is 1. The summed E-state index contributed by atoms with van der Waals surface area (Å²) >= 11 is 0. The van der Waals surface area contributed by atoms with Gasteiger partial charge in [-0.05, 0) is 73.5 Å². The minimum Gasteiger partial charge on any atom is -0.365 e. The van der Waals surface area contributed by atoms with E-state index in [0.29, 0.717) is 36.4 Å². The van der Waals surface area contributed by atoms with Gasteiger partial charge in [-0.1, -0.05) is 24.3 Å². The Bertz CT molecular complexity index is 1680. The first-order valence-electron chi connectivity index (χ1n) is 12.7. The van der Waals surface area contributed by atoms with Crippen LogP contribution in [0.4, 0.5) is 5.69 Å². The van der Waals surface area contributed by atoms with Gasteiger partial charge in [-0.25, -0.2) is 4.98 Å². The largest absolute Gasteiger partial charge is 0.365 e. The number of anilines is 1. The molecule has 5 aromatic rings. The first kappa shape index (κ1) is 23.0. The molecule has 186 valence electrons. The summed E-state index contributed by atoms with van der Waals surface area (Å²) in [5.74, 6) is 0.0231. The third-order valence-corrected chi connectivity index (χ3v) is 7.26. The second-order valence-electron chi connectivity index (χ2n) is 9.83. The van der Waals surface area contributed by atoms with Crippen LogP contribution in [0.25, 0.3) is 16.7 Å². The lowest BCUT2D eigenvalue weighted by Gasteiger charge is -2.41. The Labute approximate surface area is 215 Å². The monoisotopic (exact) mass is 491 g/mol. The minimum absolute atomic E-state index is 0.0231. The van der Waals surface area contributed by atoms with E-state index in [1.165, 1.54) is 11.3 Å². The van der Waals surface area contributed by atoms with Crippen LogP contribution in [-0.4, -0.2) is 50.4 Å². The number of carbonyl (C=O) groups is 1. The van der Waals surface area contributed by atoms with Gasteiger partial charge < -0.3 is 14.2 Å². The van der Waals surface area contributed by atoms with Crippen LogP contribution in [0.5, 0.6) is 0 Å². The molecule has 1 amide bonds. The number of rotatable bonds is 4. The molecule has 4 heterocycles. The summed E-state index contributed by atoms with van der Waals surface area (Å²) in [4.78, 5) is 35.6. The average molecular weight is 492 g/mol. The molecule has 6 rings (SSSR count). The predicted octanol–water partition coefficient (Wildman–Crippen LogP) is 4.36. The van der Waals surface area contributed by atoms with E-state index in [9.17, 15) is 9.59 Å². The van der Waals surface area contributed by atoms with Gasteiger partial charge in [0.25, 0.3) is 11.5 Å². The molecule has 0 bridgehead atoms. The number of carbonyl (C=O) groups excluding carboxylic acids is 1. The highest BCUT2D eigenvalue weighted by atomic mass is 16.2. The van der Waals surface area contributed by atoms with Crippen molar-refractivity contribution in [2.75, 3.05) is 24.5 Å². The van der Waals surface area contributed by atoms with Crippen molar-refractivity contribution >= 4 is 28.3 Å². The summed E-state index contributed by atoms with van der Waals surface area (Å²) in [5, 5.41) is 0. The lowest BCUT2D eigenvalue weighted by atomic mass is 10.1. The predicted molar refractivity (Wildman–Crippen MR) is 146 cm³/mol. The van der Waals surface area contributed by atoms with E-state index in [4.69, 9.17) is 0 Å². The van der Waals surface area contributed by atoms with Gasteiger partial charge in [0.1, 0.15) is 5.52 Å². The van der Waals surface area contributed by atoms with Crippen LogP contribution in [0, 0.1) is 6.92 Å². The fourth-order valence-electron chi connectivity index (χ4n) is 5.43. The van der Waals surface area contributed by atoms with Crippen molar-refractivity contribution in [3.8, 4) is 0 Å². The molecule has 7 heteroatoms. The van der Waals surface area contributed by atoms with E-state index >= 15 is 0 Å². The molecule has 0 aliphatic carbocycles. The van der Waals surface area contributed by atoms with E-state index < -0.39 is 0 Å². The maximum atomic E-state index is 13.5. The zero-order chi connectivity index (χ0) is 25.5. The number of benzene rings is 2. The Morgan fingerprint density at radius 1 is 0.973 bits per heavy atom. The van der Waals surface area contributed by atoms with Gasteiger partial charge in [0.15, 0.2) is 5.65 Å². The van der Waals surface area contributed by atoms with Gasteiger partial charge in [0, 0.05) is 49.3 Å². The zero-order valence-electron chi connectivity index (χ0n) is 21.0. The summed E-state index contributed by atoms with van der Waals surface area (Å²) in [5.41, 5.74) is 5.96. The molecule has 1 saturated heterocycles. The van der Waals surface area contributed by atoms with Gasteiger partial charge in [-0.3, -0.25) is 14.2 Å². The third kappa shape index (κ3) is 4.16. The average Bonchev–Trinajstić information content (AvgIpc) is 3.41. The van der Waals surface area contributed by atoms with Crippen molar-refractivity contribution in [3.63, 3.8) is 0 Å². The summed E-state index contributed by atoms with van der Waals surface area (Å²) in [6.07, 6.45) is 3.58. The van der Waals surface area contributed by atoms with Gasteiger partial charge in [0.05, 0.1) is 12.1 Å². The van der Waals surface area contributed by atoms with Gasteiger partial charge in [0.2, 0.25) is 0 Å². The minimum atomic E-state index is -0.103. The Morgan fingerprint density at radius 3 is 2.65 bits per heavy atom. The number of aromatic nitrogens is 3. The van der Waals surface area contributed by atoms with Crippen LogP contribution >= 0.6 is 0 Å². The lowest BCUT2D eigenvalue weighted by molar-refractivity contribution is 0.0726. The van der Waals surface area contributed by atoms with E-state index in [2.05, 4.69) is 48.0 Å². The third-order valence-electron chi connectivity index (χ3n) is 7.26. The summed E-state index contributed by atoms with van der Waals surface area (Å²) in [6.45, 7) is 6.73. The van der Waals surface area contributed by atoms with Gasteiger partial charge in [-0.2, -0.15) is 0 Å². The summed E-state index contributed by atoms with van der Waals surface area (Å²) in [6, 6.07) is 23.9. The highest BCUT2D eigenvalue weighted by Crippen LogP contribution is 2.23. The van der Waals surface area contributed by atoms with E-state index in [0.717, 1.165) is 17.6 Å². The van der Waals surface area contributed by atoms with Gasteiger partial charge >= 0.3 is 0 Å². The first-order chi connectivity index (χ1) is 18.0. The quantitative estimate of drug-likeness (QED) is 0.375. The van der Waals surface area contributed by atoms with Crippen molar-refractivity contribution in [1.29, 1.82) is 0 Å². The van der Waals surface area contributed by atoms with Crippen LogP contribution < -0.4 is 10.5 Å². The number of amides is 1. The molecule has 7 nitrogen and oxygen atoms in total. The van der Waals surface area contributed by atoms with Crippen molar-refractivity contribution in [2.45, 2.75) is 26.4 Å². The number of hydrogen-bond acceptors (Lipinski definition) is 4. The molecular formula is C30H29N5O2. The van der Waals surface area contributed by atoms with Crippen LogP contribution in [0.3, 0.4) is 0 Å². The molecule has 1 atom stereocenters. The van der Waals surface area contributed by atoms with Crippen molar-refractivity contribution in [3.05, 3.63) is 112 Å². The molecule has 3 aromatic heterocycles. The molecule has 1 fully saturated rings. The number of nitrogens with zero attached hydrogens (tertiary/aromatic N) is 5. The first-order valence-corrected chi connectivity index (χ1v) is 12.7. The SMILES string of the molecule is Cc1cccc(N2CCN(C(=O)c3cccc(Cn4c(=O)c5cccn5c5cccnc54)c3)CC2C)c1. The molecule has 0 saturated carbocycles. The molecule has 0 spiro atoms. The Hall–Kier alpha value is -4.39. The number of pyridine rings is 1. The zero-order valence-corrected chi connectivity index (χ0v) is 21.0. The summed E-state index contributed by atoms with van der Waals surface area (Å²) in [7, 11) is 0. The van der Waals surface area contributed by atoms with Crippen molar-refractivity contribution < 1.29 is 4.79 Å². The maximum Gasteiger partial charge on any atom is 0.276 e. The molecule has 2 aromatic carbocycles. The van der Waals surface area contributed by atoms with E-state index in [1.807, 2.05) is 64.0 Å². The molecule has 1 aliphatic heterocycles. The standard InChI is InChI=1S/C30H29N5O2/c1-21-7-3-10-25(17-21)33-16-15-32(19-22(33)2)29(36)24-9-4-8-23(18-24)20-35-28-26(11-5-13-31-28)34-14-6-12-27(34)30(35)37/h3-14,17-18,22H,15-16,19-20H2,1-2H3. The number of fused-ring (bicyclic) bond motifs is 3. The second kappa shape index (κ2) is 9.24. The van der Waals surface area contributed by atoms with Crippen LogP contribution in [0.1, 0.15) is 28.4 Å². The molecule has 0 radical (unpaired) electrons. The molecule has 37 heavy (non-hydrogen) atoms. The van der Waals surface area contributed by atoms with Crippen LogP contribution in [0.2, 0.25) is 0 Å². The van der Waals surface area contributed by atoms with Crippen molar-refractivity contribution in [1.82, 2.24) is 18.9 Å². The molecular weight excluding hydrogens is 462 g/mol. The fourth-order valence-corrected chi connectivity index (χ4v) is 5.43. The fraction of sp³-hybridized carbons (Fsp3) is 0.233. The lowest BCUT2D eigenvalue weighted by Crippen LogP contribution is -2.53. The van der Waals surface area contributed by atoms with Crippen LogP contribution in [0.15, 0.2) is 90.0 Å².